The molecule has 5 rings (SSSR count). The van der Waals surface area contributed by atoms with E-state index in [9.17, 15) is 18.0 Å². The number of imidazole rings is 1. The van der Waals surface area contributed by atoms with Gasteiger partial charge in [0, 0.05) is 5.56 Å². The van der Waals surface area contributed by atoms with Crippen molar-refractivity contribution in [3.05, 3.63) is 76.0 Å². The van der Waals surface area contributed by atoms with E-state index in [1.807, 2.05) is 30.3 Å². The average Bonchev–Trinajstić information content (AvgIpc) is 3.26. The SMILES string of the molecule is O=c1[nH]c2ccc(-n3c(-c4ccccc4)nc4ccc(C(F)(F)F)nc43)cc2s1. The molecule has 0 bridgehead atoms. The topological polar surface area (TPSA) is 63.6 Å². The minimum absolute atomic E-state index is 0.0981. The summed E-state index contributed by atoms with van der Waals surface area (Å²) >= 11 is 1.03. The zero-order valence-electron chi connectivity index (χ0n) is 14.6. The fourth-order valence-corrected chi connectivity index (χ4v) is 3.98. The molecular weight excluding hydrogens is 401 g/mol. The molecule has 9 heteroatoms. The van der Waals surface area contributed by atoms with Crippen LogP contribution in [0, 0.1) is 0 Å². The average molecular weight is 412 g/mol. The van der Waals surface area contributed by atoms with Crippen LogP contribution in [0.1, 0.15) is 5.69 Å². The lowest BCUT2D eigenvalue weighted by atomic mass is 10.2. The van der Waals surface area contributed by atoms with Gasteiger partial charge in [0.1, 0.15) is 17.0 Å². The van der Waals surface area contributed by atoms with E-state index in [4.69, 9.17) is 0 Å². The summed E-state index contributed by atoms with van der Waals surface area (Å²) in [6.07, 6.45) is -4.57. The van der Waals surface area contributed by atoms with Gasteiger partial charge in [-0.3, -0.25) is 9.36 Å². The third-order valence-corrected chi connectivity index (χ3v) is 5.33. The first-order chi connectivity index (χ1) is 13.9. The van der Waals surface area contributed by atoms with Gasteiger partial charge < -0.3 is 4.98 Å². The molecule has 0 amide bonds. The number of hydrogen-bond donors (Lipinski definition) is 1. The number of alkyl halides is 3. The molecule has 3 aromatic heterocycles. The van der Waals surface area contributed by atoms with Crippen LogP contribution in [0.25, 0.3) is 38.5 Å². The zero-order chi connectivity index (χ0) is 20.2. The van der Waals surface area contributed by atoms with Crippen LogP contribution in [-0.2, 0) is 6.18 Å². The predicted molar refractivity (Wildman–Crippen MR) is 105 cm³/mol. The highest BCUT2D eigenvalue weighted by Gasteiger charge is 2.33. The Labute approximate surface area is 165 Å². The summed E-state index contributed by atoms with van der Waals surface area (Å²) < 4.78 is 42.1. The van der Waals surface area contributed by atoms with Gasteiger partial charge in [-0.25, -0.2) is 9.97 Å². The molecule has 0 aliphatic rings. The van der Waals surface area contributed by atoms with Crippen LogP contribution in [0.4, 0.5) is 13.2 Å². The van der Waals surface area contributed by atoms with E-state index in [2.05, 4.69) is 15.0 Å². The monoisotopic (exact) mass is 412 g/mol. The van der Waals surface area contributed by atoms with Gasteiger partial charge in [0.15, 0.2) is 5.65 Å². The normalized spacial score (nSPS) is 12.1. The number of aromatic nitrogens is 4. The van der Waals surface area contributed by atoms with Crippen molar-refractivity contribution in [2.45, 2.75) is 6.18 Å². The van der Waals surface area contributed by atoms with Crippen molar-refractivity contribution < 1.29 is 13.2 Å². The second-order valence-corrected chi connectivity index (χ2v) is 7.38. The summed E-state index contributed by atoms with van der Waals surface area (Å²) in [4.78, 5) is 22.6. The molecule has 0 saturated heterocycles. The number of nitrogens with zero attached hydrogens (tertiary/aromatic N) is 3. The molecule has 0 aliphatic carbocycles. The maximum Gasteiger partial charge on any atom is 0.433 e. The molecule has 0 atom stereocenters. The van der Waals surface area contributed by atoms with Crippen molar-refractivity contribution in [1.29, 1.82) is 0 Å². The minimum atomic E-state index is -4.57. The molecule has 1 N–H and O–H groups in total. The van der Waals surface area contributed by atoms with Gasteiger partial charge in [-0.05, 0) is 30.3 Å². The number of H-pyrrole nitrogens is 1. The Kier molecular flexibility index (Phi) is 3.82. The number of hydrogen-bond acceptors (Lipinski definition) is 4. The largest absolute Gasteiger partial charge is 0.433 e. The van der Waals surface area contributed by atoms with E-state index < -0.39 is 11.9 Å². The van der Waals surface area contributed by atoms with E-state index in [0.717, 1.165) is 23.0 Å². The number of nitrogens with one attached hydrogen (secondary N) is 1. The Morgan fingerprint density at radius 2 is 1.76 bits per heavy atom. The van der Waals surface area contributed by atoms with Gasteiger partial charge >= 0.3 is 11.0 Å². The van der Waals surface area contributed by atoms with Crippen molar-refractivity contribution in [2.75, 3.05) is 0 Å². The first-order valence-corrected chi connectivity index (χ1v) is 9.37. The quantitative estimate of drug-likeness (QED) is 0.443. The highest BCUT2D eigenvalue weighted by Crippen LogP contribution is 2.33. The fraction of sp³-hybridized carbons (Fsp3) is 0.0500. The van der Waals surface area contributed by atoms with Gasteiger partial charge in [0.05, 0.1) is 15.9 Å². The first-order valence-electron chi connectivity index (χ1n) is 8.55. The Morgan fingerprint density at radius 3 is 2.52 bits per heavy atom. The smallest absolute Gasteiger partial charge is 0.312 e. The molecular formula is C20H11F3N4OS. The minimum Gasteiger partial charge on any atom is -0.312 e. The molecule has 0 unspecified atom stereocenters. The zero-order valence-corrected chi connectivity index (χ0v) is 15.4. The van der Waals surface area contributed by atoms with Gasteiger partial charge in [0.25, 0.3) is 0 Å². The molecule has 5 aromatic rings. The molecule has 3 heterocycles. The third-order valence-electron chi connectivity index (χ3n) is 4.49. The number of fused-ring (bicyclic) bond motifs is 2. The number of thiazole rings is 1. The van der Waals surface area contributed by atoms with E-state index >= 15 is 0 Å². The molecule has 0 spiro atoms. The number of halogens is 3. The van der Waals surface area contributed by atoms with E-state index in [-0.39, 0.29) is 10.5 Å². The lowest BCUT2D eigenvalue weighted by Crippen LogP contribution is -2.08. The molecule has 0 saturated carbocycles. The standard InChI is InChI=1S/C20H11F3N4OS/c21-20(22,23)16-9-8-14-18(26-16)27(17(24-14)11-4-2-1-3-5-11)12-6-7-13-15(10-12)29-19(28)25-13/h1-10H,(H,25,28). The second kappa shape index (κ2) is 6.28. The van der Waals surface area contributed by atoms with Crippen LogP contribution in [0.2, 0.25) is 0 Å². The molecule has 5 nitrogen and oxygen atoms in total. The first kappa shape index (κ1) is 17.6. The summed E-state index contributed by atoms with van der Waals surface area (Å²) in [6.45, 7) is 0. The van der Waals surface area contributed by atoms with Crippen LogP contribution < -0.4 is 4.87 Å². The molecule has 2 aromatic carbocycles. The molecule has 0 aliphatic heterocycles. The predicted octanol–water partition coefficient (Wildman–Crippen LogP) is 5.01. The maximum absolute atomic E-state index is 13.3. The highest BCUT2D eigenvalue weighted by atomic mass is 32.1. The van der Waals surface area contributed by atoms with E-state index in [1.165, 1.54) is 6.07 Å². The van der Waals surface area contributed by atoms with Gasteiger partial charge in [-0.15, -0.1) is 0 Å². The summed E-state index contributed by atoms with van der Waals surface area (Å²) in [5.74, 6) is 0.467. The molecule has 0 radical (unpaired) electrons. The van der Waals surface area contributed by atoms with Crippen LogP contribution in [0.3, 0.4) is 0 Å². The highest BCUT2D eigenvalue weighted by molar-refractivity contribution is 7.16. The van der Waals surface area contributed by atoms with Crippen molar-refractivity contribution in [3.8, 4) is 17.1 Å². The van der Waals surface area contributed by atoms with Crippen molar-refractivity contribution in [3.63, 3.8) is 0 Å². The third kappa shape index (κ3) is 2.99. The Bertz CT molecular complexity index is 1420. The van der Waals surface area contributed by atoms with Crippen LogP contribution in [0.15, 0.2) is 65.5 Å². The van der Waals surface area contributed by atoms with E-state index in [0.29, 0.717) is 27.2 Å². The number of rotatable bonds is 2. The Hall–Kier alpha value is -3.46. The van der Waals surface area contributed by atoms with Gasteiger partial charge in [0.2, 0.25) is 0 Å². The van der Waals surface area contributed by atoms with Crippen molar-refractivity contribution in [1.82, 2.24) is 19.5 Å². The number of aromatic amines is 1. The number of pyridine rings is 1. The molecule has 0 fully saturated rings. The lowest BCUT2D eigenvalue weighted by Gasteiger charge is -2.10. The summed E-state index contributed by atoms with van der Waals surface area (Å²) in [7, 11) is 0. The fourth-order valence-electron chi connectivity index (χ4n) is 3.21. The Balaban J connectivity index is 1.85. The van der Waals surface area contributed by atoms with E-state index in [1.54, 1.807) is 22.8 Å². The van der Waals surface area contributed by atoms with Crippen molar-refractivity contribution in [2.24, 2.45) is 0 Å². The molecule has 29 heavy (non-hydrogen) atoms. The summed E-state index contributed by atoms with van der Waals surface area (Å²) in [5.41, 5.74) is 1.43. The van der Waals surface area contributed by atoms with Crippen LogP contribution in [0.5, 0.6) is 0 Å². The van der Waals surface area contributed by atoms with Crippen molar-refractivity contribution >= 4 is 32.7 Å². The van der Waals surface area contributed by atoms with Gasteiger partial charge in [-0.1, -0.05) is 41.7 Å². The number of benzene rings is 2. The van der Waals surface area contributed by atoms with Gasteiger partial charge in [-0.2, -0.15) is 13.2 Å². The molecule has 144 valence electrons. The summed E-state index contributed by atoms with van der Waals surface area (Å²) in [6, 6.07) is 16.6. The Morgan fingerprint density at radius 1 is 0.966 bits per heavy atom. The summed E-state index contributed by atoms with van der Waals surface area (Å²) in [5, 5.41) is 0. The lowest BCUT2D eigenvalue weighted by molar-refractivity contribution is -0.141. The maximum atomic E-state index is 13.3. The van der Waals surface area contributed by atoms with Crippen LogP contribution in [-0.4, -0.2) is 19.5 Å². The van der Waals surface area contributed by atoms with Crippen LogP contribution >= 0.6 is 11.3 Å². The second-order valence-electron chi connectivity index (χ2n) is 6.37.